The molecule has 0 saturated carbocycles. The second kappa shape index (κ2) is 6.04. The molecule has 20 heavy (non-hydrogen) atoms. The quantitative estimate of drug-likeness (QED) is 0.910. The summed E-state index contributed by atoms with van der Waals surface area (Å²) in [5.74, 6) is 1.00. The highest BCUT2D eigenvalue weighted by Gasteiger charge is 2.35. The van der Waals surface area contributed by atoms with Crippen LogP contribution >= 0.6 is 0 Å². The lowest BCUT2D eigenvalue weighted by atomic mass is 9.98. The number of fused-ring (bicyclic) bond motifs is 1. The Bertz CT molecular complexity index is 460. The molecule has 2 aliphatic rings. The molecule has 110 valence electrons. The highest BCUT2D eigenvalue weighted by atomic mass is 16.5. The fourth-order valence-electron chi connectivity index (χ4n) is 3.64. The van der Waals surface area contributed by atoms with E-state index in [0.717, 1.165) is 24.1 Å². The number of anilines is 1. The summed E-state index contributed by atoms with van der Waals surface area (Å²) < 4.78 is 5.79. The van der Waals surface area contributed by atoms with Gasteiger partial charge in [-0.25, -0.2) is 0 Å². The van der Waals surface area contributed by atoms with Crippen LogP contribution in [-0.4, -0.2) is 36.7 Å². The van der Waals surface area contributed by atoms with Crippen molar-refractivity contribution in [2.24, 2.45) is 0 Å². The number of piperidine rings is 1. The van der Waals surface area contributed by atoms with E-state index in [-0.39, 0.29) is 0 Å². The first kappa shape index (κ1) is 13.7. The van der Waals surface area contributed by atoms with Gasteiger partial charge in [-0.05, 0) is 57.4 Å². The van der Waals surface area contributed by atoms with Crippen LogP contribution in [-0.2, 0) is 0 Å². The van der Waals surface area contributed by atoms with Crippen molar-refractivity contribution in [3.05, 3.63) is 23.8 Å². The van der Waals surface area contributed by atoms with E-state index in [2.05, 4.69) is 35.3 Å². The fraction of sp³-hybridized carbons (Fsp3) is 0.647. The van der Waals surface area contributed by atoms with E-state index in [1.165, 1.54) is 44.3 Å². The average molecular weight is 274 g/mol. The van der Waals surface area contributed by atoms with Crippen LogP contribution in [0.25, 0.3) is 0 Å². The lowest BCUT2D eigenvalue weighted by molar-refractivity contribution is 0.192. The van der Waals surface area contributed by atoms with Crippen molar-refractivity contribution in [1.29, 1.82) is 0 Å². The Labute approximate surface area is 122 Å². The minimum absolute atomic E-state index is 0.581. The number of ether oxygens (including phenoxy) is 1. The molecule has 2 aliphatic heterocycles. The van der Waals surface area contributed by atoms with Crippen LogP contribution in [0.5, 0.6) is 5.75 Å². The molecule has 3 rings (SSSR count). The molecule has 0 bridgehead atoms. The van der Waals surface area contributed by atoms with Crippen LogP contribution in [0.3, 0.4) is 0 Å². The van der Waals surface area contributed by atoms with E-state index in [9.17, 15) is 0 Å². The van der Waals surface area contributed by atoms with Crippen molar-refractivity contribution in [2.75, 3.05) is 25.0 Å². The molecule has 1 aromatic carbocycles. The predicted octanol–water partition coefficient (Wildman–Crippen LogP) is 3.43. The molecule has 0 amide bonds. The molecule has 1 N–H and O–H groups in total. The highest BCUT2D eigenvalue weighted by molar-refractivity contribution is 5.58. The van der Waals surface area contributed by atoms with Crippen LogP contribution in [0.1, 0.15) is 38.2 Å². The normalized spacial score (nSPS) is 26.3. The van der Waals surface area contributed by atoms with E-state index in [1.807, 2.05) is 6.92 Å². The summed E-state index contributed by atoms with van der Waals surface area (Å²) in [7, 11) is 0. The van der Waals surface area contributed by atoms with Gasteiger partial charge in [-0.2, -0.15) is 0 Å². The molecule has 2 fully saturated rings. The summed E-state index contributed by atoms with van der Waals surface area (Å²) >= 11 is 0. The zero-order valence-corrected chi connectivity index (χ0v) is 12.7. The van der Waals surface area contributed by atoms with Crippen molar-refractivity contribution in [3.8, 4) is 5.75 Å². The third kappa shape index (κ3) is 2.78. The maximum Gasteiger partial charge on any atom is 0.142 e. The van der Waals surface area contributed by atoms with Gasteiger partial charge in [-0.15, -0.1) is 0 Å². The van der Waals surface area contributed by atoms with Gasteiger partial charge in [-0.1, -0.05) is 12.5 Å². The Kier molecular flexibility index (Phi) is 4.16. The summed E-state index contributed by atoms with van der Waals surface area (Å²) in [6, 6.07) is 7.78. The number of rotatable bonds is 4. The van der Waals surface area contributed by atoms with Crippen molar-refractivity contribution in [3.63, 3.8) is 0 Å². The second-order valence-corrected chi connectivity index (χ2v) is 6.07. The van der Waals surface area contributed by atoms with Gasteiger partial charge in [0.25, 0.3) is 0 Å². The van der Waals surface area contributed by atoms with Gasteiger partial charge in [0.1, 0.15) is 5.75 Å². The molecule has 2 saturated heterocycles. The van der Waals surface area contributed by atoms with Gasteiger partial charge in [0.05, 0.1) is 12.3 Å². The predicted molar refractivity (Wildman–Crippen MR) is 83.6 cm³/mol. The highest BCUT2D eigenvalue weighted by Crippen LogP contribution is 2.32. The first-order chi connectivity index (χ1) is 9.78. The van der Waals surface area contributed by atoms with Crippen molar-refractivity contribution < 1.29 is 4.74 Å². The van der Waals surface area contributed by atoms with E-state index in [0.29, 0.717) is 6.04 Å². The first-order valence-corrected chi connectivity index (χ1v) is 8.02. The zero-order valence-electron chi connectivity index (χ0n) is 12.7. The molecule has 0 radical (unpaired) electrons. The third-order valence-corrected chi connectivity index (χ3v) is 4.63. The molecule has 0 aromatic heterocycles. The van der Waals surface area contributed by atoms with Crippen molar-refractivity contribution >= 4 is 5.69 Å². The molecule has 0 spiro atoms. The third-order valence-electron chi connectivity index (χ3n) is 4.63. The number of hydrogen-bond acceptors (Lipinski definition) is 3. The van der Waals surface area contributed by atoms with Gasteiger partial charge in [0, 0.05) is 18.6 Å². The zero-order chi connectivity index (χ0) is 13.9. The SMILES string of the molecule is CCOc1cc(C)ccc1NC1CCN2CCCCC12. The molecule has 2 atom stereocenters. The number of nitrogens with zero attached hydrogens (tertiary/aromatic N) is 1. The Morgan fingerprint density at radius 2 is 2.15 bits per heavy atom. The maximum absolute atomic E-state index is 5.79. The minimum Gasteiger partial charge on any atom is -0.492 e. The standard InChI is InChI=1S/C17H26N2O/c1-3-20-17-12-13(2)7-8-15(17)18-14-9-11-19-10-5-4-6-16(14)19/h7-8,12,14,16,18H,3-6,9-11H2,1-2H3. The van der Waals surface area contributed by atoms with Gasteiger partial charge < -0.3 is 10.1 Å². The smallest absolute Gasteiger partial charge is 0.142 e. The van der Waals surface area contributed by atoms with Crippen LogP contribution in [0.15, 0.2) is 18.2 Å². The molecule has 3 nitrogen and oxygen atoms in total. The van der Waals surface area contributed by atoms with Crippen LogP contribution in [0.2, 0.25) is 0 Å². The number of aryl methyl sites for hydroxylation is 1. The Morgan fingerprint density at radius 3 is 3.00 bits per heavy atom. The molecule has 3 heteroatoms. The molecule has 0 aliphatic carbocycles. The largest absolute Gasteiger partial charge is 0.492 e. The summed E-state index contributed by atoms with van der Waals surface area (Å²) in [6.07, 6.45) is 5.35. The van der Waals surface area contributed by atoms with Crippen LogP contribution < -0.4 is 10.1 Å². The van der Waals surface area contributed by atoms with Crippen molar-refractivity contribution in [2.45, 2.75) is 51.6 Å². The van der Waals surface area contributed by atoms with E-state index in [4.69, 9.17) is 4.74 Å². The monoisotopic (exact) mass is 274 g/mol. The maximum atomic E-state index is 5.79. The lowest BCUT2D eigenvalue weighted by Crippen LogP contribution is -2.41. The summed E-state index contributed by atoms with van der Waals surface area (Å²) in [6.45, 7) is 7.42. The van der Waals surface area contributed by atoms with Gasteiger partial charge in [0.2, 0.25) is 0 Å². The average Bonchev–Trinajstić information content (AvgIpc) is 2.86. The van der Waals surface area contributed by atoms with Gasteiger partial charge in [0.15, 0.2) is 0 Å². The van der Waals surface area contributed by atoms with Crippen LogP contribution in [0, 0.1) is 6.92 Å². The molecule has 2 heterocycles. The molecule has 1 aromatic rings. The molecule has 2 unspecified atom stereocenters. The fourth-order valence-corrected chi connectivity index (χ4v) is 3.64. The second-order valence-electron chi connectivity index (χ2n) is 6.07. The van der Waals surface area contributed by atoms with Crippen LogP contribution in [0.4, 0.5) is 5.69 Å². The molecular formula is C17H26N2O. The number of benzene rings is 1. The van der Waals surface area contributed by atoms with E-state index >= 15 is 0 Å². The Hall–Kier alpha value is -1.22. The Balaban J connectivity index is 1.74. The topological polar surface area (TPSA) is 24.5 Å². The lowest BCUT2D eigenvalue weighted by Gasteiger charge is -2.33. The van der Waals surface area contributed by atoms with Crippen molar-refractivity contribution in [1.82, 2.24) is 4.90 Å². The molecular weight excluding hydrogens is 248 g/mol. The number of hydrogen-bond donors (Lipinski definition) is 1. The number of nitrogens with one attached hydrogen (secondary N) is 1. The van der Waals surface area contributed by atoms with Gasteiger partial charge >= 0.3 is 0 Å². The summed E-state index contributed by atoms with van der Waals surface area (Å²) in [5, 5.41) is 3.75. The van der Waals surface area contributed by atoms with Gasteiger partial charge in [-0.3, -0.25) is 4.90 Å². The minimum atomic E-state index is 0.581. The Morgan fingerprint density at radius 1 is 1.25 bits per heavy atom. The summed E-state index contributed by atoms with van der Waals surface area (Å²) in [5.41, 5.74) is 2.42. The van der Waals surface area contributed by atoms with E-state index in [1.54, 1.807) is 0 Å². The first-order valence-electron chi connectivity index (χ1n) is 8.02. The van der Waals surface area contributed by atoms with E-state index < -0.39 is 0 Å². The summed E-state index contributed by atoms with van der Waals surface area (Å²) in [4.78, 5) is 2.66.